The topological polar surface area (TPSA) is 40.7 Å². The van der Waals surface area contributed by atoms with Crippen LogP contribution in [0.5, 0.6) is 0 Å². The molecule has 0 saturated carbocycles. The van der Waals surface area contributed by atoms with E-state index in [0.717, 1.165) is 0 Å². The van der Waals surface area contributed by atoms with Crippen molar-refractivity contribution in [1.82, 2.24) is 10.2 Å². The first kappa shape index (κ1) is 13.4. The van der Waals surface area contributed by atoms with Crippen LogP contribution in [0.4, 0.5) is 23.2 Å². The molecule has 0 fully saturated rings. The number of hydrogen-bond acceptors (Lipinski definition) is 2. The van der Waals surface area contributed by atoms with Crippen LogP contribution in [-0.4, -0.2) is 10.2 Å². The summed E-state index contributed by atoms with van der Waals surface area (Å²) < 4.78 is 52.8. The van der Waals surface area contributed by atoms with Crippen LogP contribution < -0.4 is 5.32 Å². The molecular formula is C12H11F4N3. The van der Waals surface area contributed by atoms with Crippen LogP contribution in [0, 0.1) is 37.1 Å². The highest BCUT2D eigenvalue weighted by molar-refractivity contribution is 5.48. The summed E-state index contributed by atoms with van der Waals surface area (Å²) in [6.45, 7) is 3.44. The Kier molecular flexibility index (Phi) is 3.46. The second-order valence-electron chi connectivity index (χ2n) is 4.11. The van der Waals surface area contributed by atoms with Crippen molar-refractivity contribution in [2.24, 2.45) is 0 Å². The normalized spacial score (nSPS) is 10.8. The number of aromatic nitrogens is 2. The Balaban J connectivity index is 2.30. The maximum atomic E-state index is 13.4. The molecule has 1 aromatic carbocycles. The van der Waals surface area contributed by atoms with E-state index in [1.807, 2.05) is 0 Å². The monoisotopic (exact) mass is 273 g/mol. The Hall–Kier alpha value is -2.05. The predicted molar refractivity (Wildman–Crippen MR) is 61.7 cm³/mol. The number of rotatable bonds is 3. The van der Waals surface area contributed by atoms with Gasteiger partial charge in [0.2, 0.25) is 0 Å². The maximum Gasteiger partial charge on any atom is 0.185 e. The summed E-state index contributed by atoms with van der Waals surface area (Å²) in [4.78, 5) is 0. The number of aromatic amines is 1. The Labute approximate surface area is 106 Å². The van der Waals surface area contributed by atoms with Gasteiger partial charge in [-0.05, 0) is 13.8 Å². The van der Waals surface area contributed by atoms with Crippen molar-refractivity contribution in [3.05, 3.63) is 46.3 Å². The van der Waals surface area contributed by atoms with Crippen molar-refractivity contribution >= 4 is 5.69 Å². The molecule has 0 bridgehead atoms. The summed E-state index contributed by atoms with van der Waals surface area (Å²) in [5.41, 5.74) is 1.21. The van der Waals surface area contributed by atoms with Crippen molar-refractivity contribution < 1.29 is 17.6 Å². The quantitative estimate of drug-likeness (QED) is 0.666. The van der Waals surface area contributed by atoms with Crippen molar-refractivity contribution in [2.45, 2.75) is 20.4 Å². The van der Waals surface area contributed by atoms with Gasteiger partial charge in [-0.1, -0.05) is 0 Å². The fraction of sp³-hybridized carbons (Fsp3) is 0.250. The minimum Gasteiger partial charge on any atom is -0.376 e. The van der Waals surface area contributed by atoms with Gasteiger partial charge in [0, 0.05) is 23.9 Å². The molecule has 1 aromatic heterocycles. The van der Waals surface area contributed by atoms with Gasteiger partial charge in [0.1, 0.15) is 5.69 Å². The van der Waals surface area contributed by atoms with Gasteiger partial charge < -0.3 is 5.32 Å². The van der Waals surface area contributed by atoms with Gasteiger partial charge in [-0.3, -0.25) is 5.10 Å². The summed E-state index contributed by atoms with van der Waals surface area (Å²) in [5.74, 6) is -5.78. The minimum absolute atomic E-state index is 0.00486. The Morgan fingerprint density at radius 1 is 1.11 bits per heavy atom. The number of benzene rings is 1. The van der Waals surface area contributed by atoms with Crippen LogP contribution >= 0.6 is 0 Å². The fourth-order valence-electron chi connectivity index (χ4n) is 1.74. The van der Waals surface area contributed by atoms with Gasteiger partial charge in [0.15, 0.2) is 23.3 Å². The number of nitrogens with zero attached hydrogens (tertiary/aromatic N) is 1. The van der Waals surface area contributed by atoms with Crippen molar-refractivity contribution in [1.29, 1.82) is 0 Å². The summed E-state index contributed by atoms with van der Waals surface area (Å²) in [7, 11) is 0. The predicted octanol–water partition coefficient (Wildman–Crippen LogP) is 3.20. The van der Waals surface area contributed by atoms with E-state index in [1.54, 1.807) is 13.8 Å². The maximum absolute atomic E-state index is 13.4. The van der Waals surface area contributed by atoms with Crippen LogP contribution in [0.25, 0.3) is 0 Å². The van der Waals surface area contributed by atoms with Gasteiger partial charge in [-0.15, -0.1) is 0 Å². The molecule has 2 N–H and O–H groups in total. The molecule has 2 aromatic rings. The molecular weight excluding hydrogens is 262 g/mol. The summed E-state index contributed by atoms with van der Waals surface area (Å²) in [6.07, 6.45) is 0. The largest absolute Gasteiger partial charge is 0.376 e. The van der Waals surface area contributed by atoms with E-state index in [9.17, 15) is 17.6 Å². The van der Waals surface area contributed by atoms with E-state index in [-0.39, 0.29) is 12.6 Å². The fourth-order valence-corrected chi connectivity index (χ4v) is 1.74. The van der Waals surface area contributed by atoms with Crippen LogP contribution in [0.1, 0.15) is 17.0 Å². The lowest BCUT2D eigenvalue weighted by atomic mass is 10.2. The zero-order chi connectivity index (χ0) is 14.2. The van der Waals surface area contributed by atoms with Crippen molar-refractivity contribution in [3.8, 4) is 0 Å². The number of hydrogen-bond donors (Lipinski definition) is 2. The lowest BCUT2D eigenvalue weighted by Gasteiger charge is -2.10. The molecule has 0 radical (unpaired) electrons. The third kappa shape index (κ3) is 2.40. The highest BCUT2D eigenvalue weighted by Crippen LogP contribution is 2.25. The van der Waals surface area contributed by atoms with Crippen molar-refractivity contribution in [3.63, 3.8) is 0 Å². The molecule has 0 atom stereocenters. The summed E-state index contributed by atoms with van der Waals surface area (Å²) in [6, 6.07) is 0.171. The van der Waals surface area contributed by atoms with Gasteiger partial charge in [0.25, 0.3) is 0 Å². The molecule has 2 rings (SSSR count). The van der Waals surface area contributed by atoms with E-state index < -0.39 is 29.0 Å². The third-order valence-corrected chi connectivity index (χ3v) is 2.83. The Bertz CT molecular complexity index is 576. The van der Waals surface area contributed by atoms with Gasteiger partial charge >= 0.3 is 0 Å². The molecule has 0 spiro atoms. The van der Waals surface area contributed by atoms with E-state index in [2.05, 4.69) is 15.5 Å². The van der Waals surface area contributed by atoms with Gasteiger partial charge in [-0.25, -0.2) is 17.6 Å². The minimum atomic E-state index is -1.45. The number of nitrogens with one attached hydrogen (secondary N) is 2. The van der Waals surface area contributed by atoms with E-state index in [0.29, 0.717) is 17.0 Å². The number of halogens is 4. The molecule has 0 unspecified atom stereocenters. The molecule has 0 aliphatic rings. The molecule has 102 valence electrons. The molecule has 19 heavy (non-hydrogen) atoms. The first-order chi connectivity index (χ1) is 8.91. The summed E-state index contributed by atoms with van der Waals surface area (Å²) in [5, 5.41) is 8.96. The highest BCUT2D eigenvalue weighted by Gasteiger charge is 2.19. The second-order valence-corrected chi connectivity index (χ2v) is 4.11. The Morgan fingerprint density at radius 2 is 1.68 bits per heavy atom. The number of aryl methyl sites for hydroxylation is 2. The molecule has 0 aliphatic carbocycles. The molecule has 3 nitrogen and oxygen atoms in total. The number of H-pyrrole nitrogens is 1. The standard InChI is InChI=1S/C12H11F4N3/c1-5-7(6(2)19-18-5)4-17-12-10(15)8(13)3-9(14)11(12)16/h3,17H,4H2,1-2H3,(H,18,19). The molecule has 1 heterocycles. The lowest BCUT2D eigenvalue weighted by molar-refractivity contribution is 0.458. The van der Waals surface area contributed by atoms with Gasteiger partial charge in [0.05, 0.1) is 5.69 Å². The first-order valence-electron chi connectivity index (χ1n) is 5.49. The molecule has 0 amide bonds. The SMILES string of the molecule is Cc1n[nH]c(C)c1CNc1c(F)c(F)cc(F)c1F. The van der Waals surface area contributed by atoms with Crippen LogP contribution in [0.2, 0.25) is 0 Å². The van der Waals surface area contributed by atoms with Gasteiger partial charge in [-0.2, -0.15) is 5.10 Å². The average molecular weight is 273 g/mol. The lowest BCUT2D eigenvalue weighted by Crippen LogP contribution is -2.08. The molecule has 0 saturated heterocycles. The van der Waals surface area contributed by atoms with E-state index >= 15 is 0 Å². The van der Waals surface area contributed by atoms with E-state index in [4.69, 9.17) is 0 Å². The molecule has 7 heteroatoms. The number of anilines is 1. The van der Waals surface area contributed by atoms with Crippen LogP contribution in [-0.2, 0) is 6.54 Å². The first-order valence-corrected chi connectivity index (χ1v) is 5.49. The van der Waals surface area contributed by atoms with E-state index in [1.165, 1.54) is 0 Å². The smallest absolute Gasteiger partial charge is 0.185 e. The van der Waals surface area contributed by atoms with Crippen LogP contribution in [0.3, 0.4) is 0 Å². The Morgan fingerprint density at radius 3 is 2.16 bits per heavy atom. The second kappa shape index (κ2) is 4.91. The van der Waals surface area contributed by atoms with Crippen molar-refractivity contribution in [2.75, 3.05) is 5.32 Å². The zero-order valence-electron chi connectivity index (χ0n) is 10.2. The highest BCUT2D eigenvalue weighted by atomic mass is 19.2. The zero-order valence-corrected chi connectivity index (χ0v) is 10.2. The third-order valence-electron chi connectivity index (χ3n) is 2.83. The average Bonchev–Trinajstić information content (AvgIpc) is 2.67. The molecule has 0 aliphatic heterocycles. The summed E-state index contributed by atoms with van der Waals surface area (Å²) >= 11 is 0. The van der Waals surface area contributed by atoms with Crippen LogP contribution in [0.15, 0.2) is 6.07 Å².